The Morgan fingerprint density at radius 1 is 1.00 bits per heavy atom. The van der Waals surface area contributed by atoms with Crippen molar-refractivity contribution in [2.45, 2.75) is 4.90 Å². The van der Waals surface area contributed by atoms with Gasteiger partial charge >= 0.3 is 0 Å². The molecule has 0 radical (unpaired) electrons. The van der Waals surface area contributed by atoms with E-state index in [0.29, 0.717) is 16.0 Å². The topological polar surface area (TPSA) is 69.4 Å². The van der Waals surface area contributed by atoms with Gasteiger partial charge in [-0.2, -0.15) is 0 Å². The highest BCUT2D eigenvalue weighted by Crippen LogP contribution is 2.31. The molecule has 0 unspecified atom stereocenters. The van der Waals surface area contributed by atoms with E-state index in [9.17, 15) is 8.42 Å². The molecule has 0 aromatic heterocycles. The Hall–Kier alpha value is -0.890. The standard InChI is InChI=1S/C12H9Br2NO3S/c13-8-1-3-9(4-2-8)18-12-6-5-10(7-11(12)14)19(15,16)17/h1-7H,(H2,15,16,17). The average molecular weight is 407 g/mol. The zero-order chi connectivity index (χ0) is 14.0. The van der Waals surface area contributed by atoms with Gasteiger partial charge in [0.25, 0.3) is 0 Å². The third-order valence-electron chi connectivity index (χ3n) is 2.27. The lowest BCUT2D eigenvalue weighted by molar-refractivity contribution is 0.479. The normalized spacial score (nSPS) is 11.3. The van der Waals surface area contributed by atoms with Crippen LogP contribution < -0.4 is 9.88 Å². The van der Waals surface area contributed by atoms with E-state index in [1.165, 1.54) is 12.1 Å². The Kier molecular flexibility index (Phi) is 4.29. The second-order valence-corrected chi connectivity index (χ2v) is 7.02. The Morgan fingerprint density at radius 3 is 2.16 bits per heavy atom. The molecule has 0 fully saturated rings. The van der Waals surface area contributed by atoms with Gasteiger partial charge in [0.2, 0.25) is 10.0 Å². The predicted molar refractivity (Wildman–Crippen MR) is 79.7 cm³/mol. The van der Waals surface area contributed by atoms with E-state index < -0.39 is 10.0 Å². The lowest BCUT2D eigenvalue weighted by Gasteiger charge is -2.08. The molecule has 0 atom stereocenters. The summed E-state index contributed by atoms with van der Waals surface area (Å²) in [5, 5.41) is 5.05. The van der Waals surface area contributed by atoms with Crippen LogP contribution in [0.25, 0.3) is 0 Å². The maximum atomic E-state index is 11.2. The highest BCUT2D eigenvalue weighted by molar-refractivity contribution is 9.10. The average Bonchev–Trinajstić information content (AvgIpc) is 2.33. The first-order chi connectivity index (χ1) is 8.86. The Balaban J connectivity index is 2.29. The van der Waals surface area contributed by atoms with E-state index in [4.69, 9.17) is 9.88 Å². The molecular formula is C12H9Br2NO3S. The summed E-state index contributed by atoms with van der Waals surface area (Å²) in [5.74, 6) is 1.15. The molecule has 0 amide bonds. The minimum atomic E-state index is -3.71. The van der Waals surface area contributed by atoms with Gasteiger partial charge in [-0.25, -0.2) is 13.6 Å². The zero-order valence-corrected chi connectivity index (χ0v) is 13.5. The second kappa shape index (κ2) is 5.62. The largest absolute Gasteiger partial charge is 0.456 e. The lowest BCUT2D eigenvalue weighted by atomic mass is 10.3. The smallest absolute Gasteiger partial charge is 0.238 e. The van der Waals surface area contributed by atoms with E-state index >= 15 is 0 Å². The Labute approximate surface area is 127 Å². The van der Waals surface area contributed by atoms with E-state index in [0.717, 1.165) is 4.47 Å². The summed E-state index contributed by atoms with van der Waals surface area (Å²) in [4.78, 5) is 0.0301. The van der Waals surface area contributed by atoms with Crippen LogP contribution in [0.1, 0.15) is 0 Å². The summed E-state index contributed by atoms with van der Waals surface area (Å²) in [6, 6.07) is 11.6. The second-order valence-electron chi connectivity index (χ2n) is 3.69. The SMILES string of the molecule is NS(=O)(=O)c1ccc(Oc2ccc(Br)cc2)c(Br)c1. The molecule has 2 aromatic carbocycles. The number of primary sulfonamides is 1. The van der Waals surface area contributed by atoms with Crippen molar-refractivity contribution in [3.8, 4) is 11.5 Å². The number of nitrogens with two attached hydrogens (primary N) is 1. The monoisotopic (exact) mass is 405 g/mol. The Morgan fingerprint density at radius 2 is 1.63 bits per heavy atom. The van der Waals surface area contributed by atoms with Crippen molar-refractivity contribution >= 4 is 41.9 Å². The van der Waals surface area contributed by atoms with Gasteiger partial charge < -0.3 is 4.74 Å². The third kappa shape index (κ3) is 3.79. The number of ether oxygens (including phenoxy) is 1. The molecule has 7 heteroatoms. The van der Waals surface area contributed by atoms with Gasteiger partial charge in [-0.3, -0.25) is 0 Å². The fraction of sp³-hybridized carbons (Fsp3) is 0. The number of hydrogen-bond donors (Lipinski definition) is 1. The molecule has 0 aliphatic carbocycles. The van der Waals surface area contributed by atoms with Gasteiger partial charge in [-0.1, -0.05) is 15.9 Å². The molecule has 19 heavy (non-hydrogen) atoms. The van der Waals surface area contributed by atoms with Crippen LogP contribution >= 0.6 is 31.9 Å². The first kappa shape index (κ1) is 14.5. The Bertz CT molecular complexity index is 699. The summed E-state index contributed by atoms with van der Waals surface area (Å²) in [7, 11) is -3.71. The van der Waals surface area contributed by atoms with Crippen molar-refractivity contribution in [2.24, 2.45) is 5.14 Å². The lowest BCUT2D eigenvalue weighted by Crippen LogP contribution is -2.11. The molecule has 4 nitrogen and oxygen atoms in total. The molecule has 2 N–H and O–H groups in total. The molecular weight excluding hydrogens is 398 g/mol. The van der Waals surface area contributed by atoms with Crippen LogP contribution in [0.4, 0.5) is 0 Å². The summed E-state index contributed by atoms with van der Waals surface area (Å²) in [6.07, 6.45) is 0. The first-order valence-corrected chi connectivity index (χ1v) is 8.25. The molecule has 0 saturated heterocycles. The molecule has 0 heterocycles. The van der Waals surface area contributed by atoms with Gasteiger partial charge in [0, 0.05) is 4.47 Å². The van der Waals surface area contributed by atoms with Gasteiger partial charge in [0.05, 0.1) is 9.37 Å². The molecule has 2 aromatic rings. The van der Waals surface area contributed by atoms with Crippen molar-refractivity contribution in [1.29, 1.82) is 0 Å². The molecule has 0 spiro atoms. The third-order valence-corrected chi connectivity index (χ3v) is 4.33. The van der Waals surface area contributed by atoms with Crippen molar-refractivity contribution in [3.63, 3.8) is 0 Å². The maximum Gasteiger partial charge on any atom is 0.238 e. The number of halogens is 2. The van der Waals surface area contributed by atoms with Crippen LogP contribution in [0.3, 0.4) is 0 Å². The maximum absolute atomic E-state index is 11.2. The van der Waals surface area contributed by atoms with Crippen LogP contribution in [0.2, 0.25) is 0 Å². The van der Waals surface area contributed by atoms with E-state index in [1.54, 1.807) is 18.2 Å². The van der Waals surface area contributed by atoms with E-state index in [1.807, 2.05) is 12.1 Å². The van der Waals surface area contributed by atoms with E-state index in [2.05, 4.69) is 31.9 Å². The fourth-order valence-corrected chi connectivity index (χ4v) is 2.79. The molecule has 0 aliphatic rings. The first-order valence-electron chi connectivity index (χ1n) is 5.12. The summed E-state index contributed by atoms with van der Waals surface area (Å²) >= 11 is 6.59. The number of rotatable bonds is 3. The predicted octanol–water partition coefficient (Wildman–Crippen LogP) is 3.65. The number of benzene rings is 2. The van der Waals surface area contributed by atoms with Gasteiger partial charge in [-0.15, -0.1) is 0 Å². The minimum absolute atomic E-state index is 0.0301. The van der Waals surface area contributed by atoms with Crippen molar-refractivity contribution in [3.05, 3.63) is 51.4 Å². The van der Waals surface area contributed by atoms with Crippen molar-refractivity contribution in [2.75, 3.05) is 0 Å². The molecule has 2 rings (SSSR count). The summed E-state index contributed by atoms with van der Waals surface area (Å²) in [6.45, 7) is 0. The van der Waals surface area contributed by atoms with Crippen LogP contribution in [0, 0.1) is 0 Å². The van der Waals surface area contributed by atoms with Crippen LogP contribution in [0.15, 0.2) is 56.3 Å². The quantitative estimate of drug-likeness (QED) is 0.845. The zero-order valence-electron chi connectivity index (χ0n) is 9.51. The summed E-state index contributed by atoms with van der Waals surface area (Å²) < 4.78 is 29.5. The summed E-state index contributed by atoms with van der Waals surface area (Å²) in [5.41, 5.74) is 0. The van der Waals surface area contributed by atoms with E-state index in [-0.39, 0.29) is 4.90 Å². The van der Waals surface area contributed by atoms with Gasteiger partial charge in [-0.05, 0) is 58.4 Å². The molecule has 100 valence electrons. The van der Waals surface area contributed by atoms with Crippen molar-refractivity contribution in [1.82, 2.24) is 0 Å². The van der Waals surface area contributed by atoms with Gasteiger partial charge in [0.15, 0.2) is 0 Å². The minimum Gasteiger partial charge on any atom is -0.456 e. The van der Waals surface area contributed by atoms with Gasteiger partial charge in [0.1, 0.15) is 11.5 Å². The highest BCUT2D eigenvalue weighted by atomic mass is 79.9. The molecule has 0 bridgehead atoms. The highest BCUT2D eigenvalue weighted by Gasteiger charge is 2.11. The number of hydrogen-bond acceptors (Lipinski definition) is 3. The van der Waals surface area contributed by atoms with Crippen LogP contribution in [0.5, 0.6) is 11.5 Å². The fourth-order valence-electron chi connectivity index (χ4n) is 1.37. The number of sulfonamides is 1. The van der Waals surface area contributed by atoms with Crippen LogP contribution in [-0.4, -0.2) is 8.42 Å². The molecule has 0 aliphatic heterocycles. The van der Waals surface area contributed by atoms with Crippen LogP contribution in [-0.2, 0) is 10.0 Å². The van der Waals surface area contributed by atoms with Crippen molar-refractivity contribution < 1.29 is 13.2 Å². The molecule has 0 saturated carbocycles.